The van der Waals surface area contributed by atoms with Crippen LogP contribution in [0.5, 0.6) is 0 Å². The van der Waals surface area contributed by atoms with E-state index in [4.69, 9.17) is 4.52 Å². The van der Waals surface area contributed by atoms with E-state index >= 15 is 0 Å². The van der Waals surface area contributed by atoms with Crippen LogP contribution >= 0.6 is 0 Å². The van der Waals surface area contributed by atoms with Crippen molar-refractivity contribution in [3.8, 4) is 11.4 Å². The molecule has 0 bridgehead atoms. The summed E-state index contributed by atoms with van der Waals surface area (Å²) in [5, 5.41) is 16.5. The quantitative estimate of drug-likeness (QED) is 0.785. The Hall–Kier alpha value is -1.79. The largest absolute Gasteiger partial charge is 0.392 e. The van der Waals surface area contributed by atoms with Gasteiger partial charge in [0, 0.05) is 24.5 Å². The van der Waals surface area contributed by atoms with Crippen molar-refractivity contribution in [2.45, 2.75) is 18.6 Å². The minimum atomic E-state index is -0.337. The molecule has 1 aliphatic rings. The molecule has 17 heavy (non-hydrogen) atoms. The van der Waals surface area contributed by atoms with Crippen molar-refractivity contribution in [2.75, 3.05) is 6.54 Å². The zero-order valence-corrected chi connectivity index (χ0v) is 9.08. The van der Waals surface area contributed by atoms with Crippen LogP contribution in [0.15, 0.2) is 29.0 Å². The molecule has 2 aromatic rings. The zero-order chi connectivity index (χ0) is 11.7. The molecule has 0 amide bonds. The summed E-state index contributed by atoms with van der Waals surface area (Å²) in [5.74, 6) is 1.07. The molecule has 1 fully saturated rings. The maximum Gasteiger partial charge on any atom is 0.244 e. The van der Waals surface area contributed by atoms with Crippen LogP contribution in [0, 0.1) is 0 Å². The molecule has 2 aromatic heterocycles. The third-order valence-corrected chi connectivity index (χ3v) is 2.79. The van der Waals surface area contributed by atoms with Gasteiger partial charge in [-0.2, -0.15) is 4.98 Å². The van der Waals surface area contributed by atoms with E-state index in [1.54, 1.807) is 12.4 Å². The van der Waals surface area contributed by atoms with Crippen LogP contribution in [0.1, 0.15) is 18.4 Å². The van der Waals surface area contributed by atoms with Gasteiger partial charge in [-0.3, -0.25) is 4.98 Å². The molecule has 88 valence electrons. The number of hydrogen-bond acceptors (Lipinski definition) is 6. The maximum atomic E-state index is 9.42. The van der Waals surface area contributed by atoms with E-state index in [0.717, 1.165) is 5.56 Å². The Kier molecular flexibility index (Phi) is 2.58. The molecule has 1 saturated heterocycles. The van der Waals surface area contributed by atoms with Gasteiger partial charge in [-0.25, -0.2) is 0 Å². The van der Waals surface area contributed by atoms with Gasteiger partial charge in [-0.1, -0.05) is 5.16 Å². The van der Waals surface area contributed by atoms with Crippen LogP contribution < -0.4 is 5.32 Å². The zero-order valence-electron chi connectivity index (χ0n) is 9.08. The Morgan fingerprint density at radius 3 is 2.88 bits per heavy atom. The predicted octanol–water partition coefficient (Wildman–Crippen LogP) is 0.527. The van der Waals surface area contributed by atoms with Gasteiger partial charge in [0.05, 0.1) is 12.1 Å². The van der Waals surface area contributed by atoms with E-state index in [2.05, 4.69) is 20.4 Å². The lowest BCUT2D eigenvalue weighted by molar-refractivity contribution is 0.191. The van der Waals surface area contributed by atoms with Gasteiger partial charge >= 0.3 is 0 Å². The maximum absolute atomic E-state index is 9.42. The van der Waals surface area contributed by atoms with E-state index < -0.39 is 0 Å². The SMILES string of the molecule is O[C@@H]1CN[C@@H](c2nc(-c3ccncc3)no2)C1. The Balaban J connectivity index is 1.84. The lowest BCUT2D eigenvalue weighted by Gasteiger charge is -2.01. The van der Waals surface area contributed by atoms with Crippen molar-refractivity contribution in [2.24, 2.45) is 0 Å². The molecule has 0 aromatic carbocycles. The van der Waals surface area contributed by atoms with Crippen molar-refractivity contribution < 1.29 is 9.63 Å². The Morgan fingerprint density at radius 1 is 1.35 bits per heavy atom. The molecular formula is C11H12N4O2. The fourth-order valence-electron chi connectivity index (χ4n) is 1.90. The molecule has 2 atom stereocenters. The van der Waals surface area contributed by atoms with Gasteiger partial charge in [0.15, 0.2) is 0 Å². The first-order valence-electron chi connectivity index (χ1n) is 5.48. The number of β-amino-alcohol motifs (C(OH)–C–C–N with tert-alkyl or cyclic N) is 1. The number of nitrogens with one attached hydrogen (secondary N) is 1. The highest BCUT2D eigenvalue weighted by molar-refractivity contribution is 5.52. The van der Waals surface area contributed by atoms with E-state index in [0.29, 0.717) is 24.7 Å². The summed E-state index contributed by atoms with van der Waals surface area (Å²) in [5.41, 5.74) is 0.869. The van der Waals surface area contributed by atoms with Gasteiger partial charge in [0.25, 0.3) is 0 Å². The first kappa shape index (κ1) is 10.4. The van der Waals surface area contributed by atoms with E-state index in [1.807, 2.05) is 12.1 Å². The van der Waals surface area contributed by atoms with Gasteiger partial charge < -0.3 is 14.9 Å². The summed E-state index contributed by atoms with van der Waals surface area (Å²) in [6.07, 6.45) is 3.64. The molecule has 0 spiro atoms. The Bertz CT molecular complexity index is 499. The highest BCUT2D eigenvalue weighted by Crippen LogP contribution is 2.24. The summed E-state index contributed by atoms with van der Waals surface area (Å²) in [7, 11) is 0. The van der Waals surface area contributed by atoms with E-state index in [9.17, 15) is 5.11 Å². The predicted molar refractivity (Wildman–Crippen MR) is 58.9 cm³/mol. The molecule has 0 saturated carbocycles. The minimum Gasteiger partial charge on any atom is -0.392 e. The van der Waals surface area contributed by atoms with Gasteiger partial charge in [-0.15, -0.1) is 0 Å². The number of aliphatic hydroxyl groups is 1. The monoisotopic (exact) mass is 232 g/mol. The van der Waals surface area contributed by atoms with Gasteiger partial charge in [0.2, 0.25) is 11.7 Å². The highest BCUT2D eigenvalue weighted by Gasteiger charge is 2.28. The first-order chi connectivity index (χ1) is 8.33. The lowest BCUT2D eigenvalue weighted by Crippen LogP contribution is -2.15. The highest BCUT2D eigenvalue weighted by atomic mass is 16.5. The average molecular weight is 232 g/mol. The number of rotatable bonds is 2. The number of hydrogen-bond donors (Lipinski definition) is 2. The normalized spacial score (nSPS) is 24.1. The van der Waals surface area contributed by atoms with Gasteiger partial charge in [0.1, 0.15) is 0 Å². The van der Waals surface area contributed by atoms with Crippen LogP contribution in [0.25, 0.3) is 11.4 Å². The minimum absolute atomic E-state index is 0.0481. The number of aliphatic hydroxyl groups excluding tert-OH is 1. The molecule has 0 radical (unpaired) electrons. The number of nitrogens with zero attached hydrogens (tertiary/aromatic N) is 3. The molecule has 0 aliphatic carbocycles. The van der Waals surface area contributed by atoms with Crippen molar-refractivity contribution in [1.82, 2.24) is 20.4 Å². The second-order valence-corrected chi connectivity index (χ2v) is 4.04. The molecule has 6 nitrogen and oxygen atoms in total. The van der Waals surface area contributed by atoms with Crippen LogP contribution in [0.4, 0.5) is 0 Å². The topological polar surface area (TPSA) is 84.1 Å². The molecule has 6 heteroatoms. The van der Waals surface area contributed by atoms with Crippen LogP contribution in [-0.2, 0) is 0 Å². The standard InChI is InChI=1S/C11H12N4O2/c16-8-5-9(13-6-8)11-14-10(15-17-11)7-1-3-12-4-2-7/h1-4,8-9,13,16H,5-6H2/t8-,9+/m0/s1. The fraction of sp³-hybridized carbons (Fsp3) is 0.364. The first-order valence-corrected chi connectivity index (χ1v) is 5.48. The molecule has 0 unspecified atom stereocenters. The Morgan fingerprint density at radius 2 is 2.18 bits per heavy atom. The van der Waals surface area contributed by atoms with E-state index in [1.165, 1.54) is 0 Å². The molecular weight excluding hydrogens is 220 g/mol. The molecule has 3 rings (SSSR count). The molecule has 2 N–H and O–H groups in total. The third-order valence-electron chi connectivity index (χ3n) is 2.79. The van der Waals surface area contributed by atoms with Crippen molar-refractivity contribution in [1.29, 1.82) is 0 Å². The number of pyridine rings is 1. The Labute approximate surface area is 97.7 Å². The van der Waals surface area contributed by atoms with Gasteiger partial charge in [-0.05, 0) is 18.6 Å². The fourth-order valence-corrected chi connectivity index (χ4v) is 1.90. The second kappa shape index (κ2) is 4.23. The van der Waals surface area contributed by atoms with Crippen molar-refractivity contribution in [3.63, 3.8) is 0 Å². The summed E-state index contributed by atoms with van der Waals surface area (Å²) >= 11 is 0. The van der Waals surface area contributed by atoms with Crippen molar-refractivity contribution >= 4 is 0 Å². The summed E-state index contributed by atoms with van der Waals surface area (Å²) < 4.78 is 5.20. The molecule has 1 aliphatic heterocycles. The number of aromatic nitrogens is 3. The average Bonchev–Trinajstić information content (AvgIpc) is 2.98. The second-order valence-electron chi connectivity index (χ2n) is 4.04. The summed E-state index contributed by atoms with van der Waals surface area (Å²) in [6, 6.07) is 3.60. The van der Waals surface area contributed by atoms with Crippen LogP contribution in [0.3, 0.4) is 0 Å². The lowest BCUT2D eigenvalue weighted by atomic mass is 10.2. The van der Waals surface area contributed by atoms with Crippen LogP contribution in [0.2, 0.25) is 0 Å². The third kappa shape index (κ3) is 2.04. The van der Waals surface area contributed by atoms with Crippen LogP contribution in [-0.4, -0.2) is 32.9 Å². The summed E-state index contributed by atoms with van der Waals surface area (Å²) in [4.78, 5) is 8.25. The molecule has 3 heterocycles. The summed E-state index contributed by atoms with van der Waals surface area (Å²) in [6.45, 7) is 0.567. The van der Waals surface area contributed by atoms with E-state index in [-0.39, 0.29) is 12.1 Å². The van der Waals surface area contributed by atoms with Crippen molar-refractivity contribution in [3.05, 3.63) is 30.4 Å². The smallest absolute Gasteiger partial charge is 0.244 e.